The Kier molecular flexibility index (Phi) is 4.18. The highest BCUT2D eigenvalue weighted by Gasteiger charge is 2.14. The zero-order valence-electron chi connectivity index (χ0n) is 13.0. The van der Waals surface area contributed by atoms with Gasteiger partial charge in [0.15, 0.2) is 0 Å². The minimum atomic E-state index is 0.237. The van der Waals surface area contributed by atoms with Crippen molar-refractivity contribution < 1.29 is 10.2 Å². The Morgan fingerprint density at radius 1 is 0.957 bits per heavy atom. The van der Waals surface area contributed by atoms with Crippen molar-refractivity contribution in [3.05, 3.63) is 94.8 Å². The van der Waals surface area contributed by atoms with Crippen molar-refractivity contribution in [3.8, 4) is 11.5 Å². The second-order valence-electron chi connectivity index (χ2n) is 5.39. The summed E-state index contributed by atoms with van der Waals surface area (Å²) in [5.41, 5.74) is 8.47. The van der Waals surface area contributed by atoms with E-state index in [0.717, 1.165) is 34.3 Å². The highest BCUT2D eigenvalue weighted by Crippen LogP contribution is 2.35. The molecule has 0 saturated carbocycles. The monoisotopic (exact) mass is 302 g/mol. The molecule has 0 heterocycles. The zero-order chi connectivity index (χ0) is 16.2. The predicted octanol–water partition coefficient (Wildman–Crippen LogP) is 4.96. The van der Waals surface area contributed by atoms with E-state index >= 15 is 0 Å². The van der Waals surface area contributed by atoms with Crippen molar-refractivity contribution in [3.63, 3.8) is 0 Å². The second-order valence-corrected chi connectivity index (χ2v) is 5.39. The van der Waals surface area contributed by atoms with Crippen LogP contribution < -0.4 is 0 Å². The Labute approximate surface area is 136 Å². The fourth-order valence-corrected chi connectivity index (χ4v) is 2.82. The smallest absolute Gasteiger partial charge is 0.116 e. The van der Waals surface area contributed by atoms with Gasteiger partial charge >= 0.3 is 0 Å². The van der Waals surface area contributed by atoms with Gasteiger partial charge in [-0.3, -0.25) is 0 Å². The van der Waals surface area contributed by atoms with Crippen molar-refractivity contribution in [2.45, 2.75) is 13.3 Å². The van der Waals surface area contributed by atoms with Crippen molar-refractivity contribution in [2.24, 2.45) is 0 Å². The van der Waals surface area contributed by atoms with Gasteiger partial charge in [-0.05, 0) is 65.1 Å². The van der Waals surface area contributed by atoms with Crippen LogP contribution in [-0.2, 0) is 0 Å². The molecule has 0 aromatic heterocycles. The summed E-state index contributed by atoms with van der Waals surface area (Å²) < 4.78 is 0. The van der Waals surface area contributed by atoms with Gasteiger partial charge in [0.05, 0.1) is 0 Å². The lowest BCUT2D eigenvalue weighted by Crippen LogP contribution is -1.96. The summed E-state index contributed by atoms with van der Waals surface area (Å²) in [6, 6.07) is 14.4. The molecule has 0 bridgehead atoms. The molecule has 0 aliphatic heterocycles. The highest BCUT2D eigenvalue weighted by atomic mass is 16.3. The topological polar surface area (TPSA) is 40.5 Å². The maximum Gasteiger partial charge on any atom is 0.116 e. The van der Waals surface area contributed by atoms with Crippen molar-refractivity contribution in [1.82, 2.24) is 0 Å². The molecule has 0 radical (unpaired) electrons. The summed E-state index contributed by atoms with van der Waals surface area (Å²) in [6.07, 6.45) is 6.76. The fourth-order valence-electron chi connectivity index (χ4n) is 2.82. The van der Waals surface area contributed by atoms with Crippen molar-refractivity contribution in [2.75, 3.05) is 0 Å². The average Bonchev–Trinajstić information content (AvgIpc) is 3.08. The van der Waals surface area contributed by atoms with E-state index < -0.39 is 0 Å². The van der Waals surface area contributed by atoms with Crippen LogP contribution in [0.5, 0.6) is 11.5 Å². The Morgan fingerprint density at radius 3 is 2.35 bits per heavy atom. The van der Waals surface area contributed by atoms with Crippen LogP contribution in [0.25, 0.3) is 5.57 Å². The van der Waals surface area contributed by atoms with Crippen LogP contribution >= 0.6 is 0 Å². The molecule has 1 aliphatic rings. The number of hydrogen-bond acceptors (Lipinski definition) is 2. The average molecular weight is 302 g/mol. The van der Waals surface area contributed by atoms with Gasteiger partial charge < -0.3 is 10.2 Å². The lowest BCUT2D eigenvalue weighted by molar-refractivity contribution is 0.474. The molecular weight excluding hydrogens is 284 g/mol. The van der Waals surface area contributed by atoms with E-state index in [1.54, 1.807) is 24.3 Å². The first-order valence-corrected chi connectivity index (χ1v) is 7.64. The van der Waals surface area contributed by atoms with Gasteiger partial charge in [-0.2, -0.15) is 0 Å². The third kappa shape index (κ3) is 3.13. The maximum absolute atomic E-state index is 9.87. The zero-order valence-corrected chi connectivity index (χ0v) is 13.0. The number of phenols is 2. The number of rotatable bonds is 4. The van der Waals surface area contributed by atoms with Gasteiger partial charge in [-0.25, -0.2) is 0 Å². The van der Waals surface area contributed by atoms with Crippen LogP contribution in [0.3, 0.4) is 0 Å². The molecule has 0 amide bonds. The molecule has 2 N–H and O–H groups in total. The van der Waals surface area contributed by atoms with E-state index in [0.29, 0.717) is 0 Å². The van der Waals surface area contributed by atoms with Crippen molar-refractivity contribution in [1.29, 1.82) is 0 Å². The molecule has 0 spiro atoms. The first-order chi connectivity index (χ1) is 11.2. The number of allylic oxidation sites excluding steroid dienone is 4. The van der Waals surface area contributed by atoms with E-state index in [9.17, 15) is 10.2 Å². The van der Waals surface area contributed by atoms with Gasteiger partial charge in [-0.15, -0.1) is 5.73 Å². The lowest BCUT2D eigenvalue weighted by Gasteiger charge is -2.16. The van der Waals surface area contributed by atoms with Gasteiger partial charge in [0.1, 0.15) is 11.5 Å². The third-order valence-corrected chi connectivity index (χ3v) is 3.87. The van der Waals surface area contributed by atoms with E-state index in [-0.39, 0.29) is 11.5 Å². The molecular formula is C21H18O2. The summed E-state index contributed by atoms with van der Waals surface area (Å²) in [5, 5.41) is 19.4. The van der Waals surface area contributed by atoms with Crippen molar-refractivity contribution >= 4 is 5.57 Å². The highest BCUT2D eigenvalue weighted by molar-refractivity contribution is 5.86. The molecule has 0 atom stereocenters. The summed E-state index contributed by atoms with van der Waals surface area (Å²) in [6.45, 7) is 2.11. The van der Waals surface area contributed by atoms with Crippen LogP contribution in [0.15, 0.2) is 83.6 Å². The predicted molar refractivity (Wildman–Crippen MR) is 93.3 cm³/mol. The molecule has 0 unspecified atom stereocenters. The SMILES string of the molecule is CC/C(C1=C=CC=C1)=C(/c1ccc(O)cc1)c1cccc(O)c1. The Hall–Kier alpha value is -2.96. The molecule has 2 aromatic rings. The minimum Gasteiger partial charge on any atom is -0.508 e. The molecule has 0 fully saturated rings. The summed E-state index contributed by atoms with van der Waals surface area (Å²) >= 11 is 0. The van der Waals surface area contributed by atoms with E-state index in [1.807, 2.05) is 42.5 Å². The van der Waals surface area contributed by atoms with Crippen LogP contribution in [0.4, 0.5) is 0 Å². The molecule has 2 nitrogen and oxygen atoms in total. The largest absolute Gasteiger partial charge is 0.508 e. The van der Waals surface area contributed by atoms with E-state index in [4.69, 9.17) is 0 Å². The van der Waals surface area contributed by atoms with Gasteiger partial charge in [0, 0.05) is 5.57 Å². The molecule has 3 rings (SSSR count). The van der Waals surface area contributed by atoms with Crippen LogP contribution in [-0.4, -0.2) is 10.2 Å². The number of phenolic OH excluding ortho intramolecular Hbond substituents is 2. The fraction of sp³-hybridized carbons (Fsp3) is 0.0952. The lowest BCUT2D eigenvalue weighted by atomic mass is 9.88. The third-order valence-electron chi connectivity index (χ3n) is 3.87. The Balaban J connectivity index is 2.27. The summed E-state index contributed by atoms with van der Waals surface area (Å²) in [4.78, 5) is 0. The Morgan fingerprint density at radius 2 is 1.74 bits per heavy atom. The van der Waals surface area contributed by atoms with Gasteiger partial charge in [0.2, 0.25) is 0 Å². The second kappa shape index (κ2) is 6.43. The first-order valence-electron chi connectivity index (χ1n) is 7.64. The minimum absolute atomic E-state index is 0.237. The molecule has 0 saturated heterocycles. The molecule has 1 aliphatic carbocycles. The molecule has 2 aromatic carbocycles. The number of hydrogen-bond donors (Lipinski definition) is 2. The molecule has 23 heavy (non-hydrogen) atoms. The molecule has 2 heteroatoms. The van der Waals surface area contributed by atoms with Crippen LogP contribution in [0, 0.1) is 0 Å². The standard InChI is InChI=1S/C21H18O2/c1-2-20(15-6-3-4-7-15)21(16-10-12-18(22)13-11-16)17-8-5-9-19(23)14-17/h3-6,8-14,22-23H,2H2,1H3/b21-20+. The van der Waals surface area contributed by atoms with Gasteiger partial charge in [-0.1, -0.05) is 37.3 Å². The van der Waals surface area contributed by atoms with E-state index in [2.05, 4.69) is 12.7 Å². The van der Waals surface area contributed by atoms with Crippen LogP contribution in [0.2, 0.25) is 0 Å². The van der Waals surface area contributed by atoms with Crippen LogP contribution in [0.1, 0.15) is 24.5 Å². The van der Waals surface area contributed by atoms with E-state index in [1.165, 1.54) is 0 Å². The Bertz CT molecular complexity index is 846. The summed E-state index contributed by atoms with van der Waals surface area (Å²) in [5.74, 6) is 0.475. The first kappa shape index (κ1) is 15.0. The molecule has 114 valence electrons. The quantitative estimate of drug-likeness (QED) is 0.784. The summed E-state index contributed by atoms with van der Waals surface area (Å²) in [7, 11) is 0. The maximum atomic E-state index is 9.87. The number of aromatic hydroxyl groups is 2. The van der Waals surface area contributed by atoms with Gasteiger partial charge in [0.25, 0.3) is 0 Å². The normalized spacial score (nSPS) is 13.9. The number of benzene rings is 2.